The molecule has 1 fully saturated rings. The molecule has 1 saturated heterocycles. The van der Waals surface area contributed by atoms with E-state index in [0.717, 1.165) is 30.5 Å². The molecule has 5 atom stereocenters. The van der Waals surface area contributed by atoms with Crippen molar-refractivity contribution in [3.8, 4) is 0 Å². The van der Waals surface area contributed by atoms with Crippen LogP contribution < -0.4 is 10.6 Å². The van der Waals surface area contributed by atoms with Crippen LogP contribution in [0.4, 0.5) is 0 Å². The molecule has 0 bridgehead atoms. The van der Waals surface area contributed by atoms with Gasteiger partial charge in [-0.15, -0.1) is 5.10 Å². The van der Waals surface area contributed by atoms with Gasteiger partial charge in [0.15, 0.2) is 17.3 Å². The standard InChI is InChI=1S/C61H86N6O14S/c1-44(2)35-54(62-59(72)49(22-21-46-15-9-7-10-16-46)38-52(68)42-66-25-30-79-31-26-66)57(70)40-50(37-47-17-11-8-12-18-47)60(73)63-55(36-45(3)4)58(71)61(5,74)43-81-82(75,76)53-20-13-19-48(39-53)56(69)24-23-51-41-67(65-64-51)27-32-80-34-33-78-29-14-28-77-6/h7-13,15-20,39,41,44-45,49-50,54-55,74H,14,21-38,40,42-43H2,1-6H3,(H,62,72)(H,63,73)/t49-,50-,54+,55+,61?/m1/s1. The lowest BCUT2D eigenvalue weighted by Crippen LogP contribution is -2.54. The number of hydrogen-bond donors (Lipinski definition) is 3. The van der Waals surface area contributed by atoms with Crippen LogP contribution in [0.2, 0.25) is 0 Å². The summed E-state index contributed by atoms with van der Waals surface area (Å²) in [6.45, 7) is 12.9. The Labute approximate surface area is 483 Å². The lowest BCUT2D eigenvalue weighted by molar-refractivity contribution is -0.143. The van der Waals surface area contributed by atoms with Gasteiger partial charge in [-0.1, -0.05) is 106 Å². The van der Waals surface area contributed by atoms with E-state index in [1.807, 2.05) is 81.1 Å². The Balaban J connectivity index is 1.23. The van der Waals surface area contributed by atoms with Crippen molar-refractivity contribution >= 4 is 45.1 Å². The van der Waals surface area contributed by atoms with Crippen LogP contribution in [0.25, 0.3) is 0 Å². The molecule has 0 spiro atoms. The fourth-order valence-corrected chi connectivity index (χ4v) is 10.5. The maximum Gasteiger partial charge on any atom is 0.297 e. The van der Waals surface area contributed by atoms with Gasteiger partial charge in [0.1, 0.15) is 18.0 Å². The zero-order chi connectivity index (χ0) is 59.5. The monoisotopic (exact) mass is 1160 g/mol. The number of hydrogen-bond acceptors (Lipinski definition) is 17. The number of aliphatic hydroxyl groups is 1. The summed E-state index contributed by atoms with van der Waals surface area (Å²) < 4.78 is 55.7. The Kier molecular flexibility index (Phi) is 28.3. The molecule has 0 aliphatic carbocycles. The minimum absolute atomic E-state index is 0.00286. The molecule has 1 aliphatic rings. The van der Waals surface area contributed by atoms with Crippen LogP contribution in [0.5, 0.6) is 0 Å². The van der Waals surface area contributed by atoms with Gasteiger partial charge in [0.25, 0.3) is 10.1 Å². The third-order valence-electron chi connectivity index (χ3n) is 14.0. The third kappa shape index (κ3) is 23.8. The van der Waals surface area contributed by atoms with Gasteiger partial charge >= 0.3 is 0 Å². The lowest BCUT2D eigenvalue weighted by Gasteiger charge is -2.30. The number of carbonyl (C=O) groups excluding carboxylic acids is 6. The van der Waals surface area contributed by atoms with Gasteiger partial charge in [-0.05, 0) is 80.5 Å². The molecule has 82 heavy (non-hydrogen) atoms. The van der Waals surface area contributed by atoms with Crippen molar-refractivity contribution < 1.29 is 65.4 Å². The summed E-state index contributed by atoms with van der Waals surface area (Å²) >= 11 is 0. The molecule has 0 radical (unpaired) electrons. The number of ether oxygens (including phenoxy) is 4. The molecule has 0 saturated carbocycles. The molecular formula is C61H86N6O14S. The number of rotatable bonds is 40. The topological polar surface area (TPSA) is 261 Å². The van der Waals surface area contributed by atoms with Crippen molar-refractivity contribution in [2.75, 3.05) is 79.6 Å². The number of aromatic nitrogens is 3. The first kappa shape index (κ1) is 66.9. The number of aryl methyl sites for hydroxylation is 2. The molecule has 4 aromatic rings. The van der Waals surface area contributed by atoms with Crippen LogP contribution in [0.3, 0.4) is 0 Å². The van der Waals surface area contributed by atoms with Gasteiger partial charge in [0.2, 0.25) is 11.8 Å². The summed E-state index contributed by atoms with van der Waals surface area (Å²) in [6, 6.07) is 21.6. The minimum Gasteiger partial charge on any atom is -0.385 e. The van der Waals surface area contributed by atoms with E-state index in [1.54, 1.807) is 30.1 Å². The Bertz CT molecular complexity index is 2730. The van der Waals surface area contributed by atoms with E-state index >= 15 is 0 Å². The van der Waals surface area contributed by atoms with Crippen molar-refractivity contribution in [2.45, 2.75) is 128 Å². The predicted molar refractivity (Wildman–Crippen MR) is 307 cm³/mol. The number of amides is 2. The quantitative estimate of drug-likeness (QED) is 0.0278. The first-order valence-electron chi connectivity index (χ1n) is 28.6. The second-order valence-electron chi connectivity index (χ2n) is 22.1. The molecule has 21 heteroatoms. The van der Waals surface area contributed by atoms with E-state index in [9.17, 15) is 42.3 Å². The molecule has 1 aliphatic heterocycles. The number of nitrogens with one attached hydrogen (secondary N) is 2. The van der Waals surface area contributed by atoms with Gasteiger partial charge in [-0.2, -0.15) is 8.42 Å². The minimum atomic E-state index is -4.65. The first-order chi connectivity index (χ1) is 39.2. The Morgan fingerprint density at radius 3 is 2.06 bits per heavy atom. The van der Waals surface area contributed by atoms with Crippen LogP contribution in [-0.2, 0) is 83.0 Å². The molecule has 2 amide bonds. The summed E-state index contributed by atoms with van der Waals surface area (Å²) in [6.07, 6.45) is 3.70. The second kappa shape index (κ2) is 34.6. The molecule has 2 heterocycles. The van der Waals surface area contributed by atoms with Crippen LogP contribution in [0.15, 0.2) is 96.0 Å². The van der Waals surface area contributed by atoms with E-state index in [-0.39, 0.29) is 85.4 Å². The third-order valence-corrected chi connectivity index (χ3v) is 15.3. The fourth-order valence-electron chi connectivity index (χ4n) is 9.49. The SMILES string of the molecule is COCCCOCCOCCn1cc(CCC(=O)c2cccc(S(=O)(=O)OCC(C)(O)C(=O)[C@H](CC(C)C)NC(=O)[C@@H](CC(=O)[C@H](CC(C)C)NC(=O)[C@H](CCc3ccccc3)CC(=O)CN3CCOCC3)Cc3ccccc3)c2)nn1. The Morgan fingerprint density at radius 1 is 0.756 bits per heavy atom. The zero-order valence-electron chi connectivity index (χ0n) is 48.6. The number of methoxy groups -OCH3 is 1. The number of nitrogens with zero attached hydrogens (tertiary/aromatic N) is 4. The highest BCUT2D eigenvalue weighted by Gasteiger charge is 2.40. The van der Waals surface area contributed by atoms with Crippen molar-refractivity contribution in [1.82, 2.24) is 30.5 Å². The smallest absolute Gasteiger partial charge is 0.297 e. The number of ketones is 4. The first-order valence-corrected chi connectivity index (χ1v) is 30.0. The average molecular weight is 1160 g/mol. The van der Waals surface area contributed by atoms with Crippen LogP contribution in [0, 0.1) is 23.7 Å². The van der Waals surface area contributed by atoms with E-state index in [0.29, 0.717) is 84.4 Å². The average Bonchev–Trinajstić information content (AvgIpc) is 3.98. The van der Waals surface area contributed by atoms with Gasteiger partial charge < -0.3 is 34.7 Å². The Morgan fingerprint density at radius 2 is 1.39 bits per heavy atom. The molecule has 3 aromatic carbocycles. The summed E-state index contributed by atoms with van der Waals surface area (Å²) in [5.74, 6) is -4.90. The van der Waals surface area contributed by atoms with Gasteiger partial charge in [0.05, 0.1) is 68.8 Å². The molecule has 1 unspecified atom stereocenters. The largest absolute Gasteiger partial charge is 0.385 e. The maximum atomic E-state index is 14.6. The number of morpholine rings is 1. The van der Waals surface area contributed by atoms with Gasteiger partial charge in [-0.25, -0.2) is 4.68 Å². The van der Waals surface area contributed by atoms with Gasteiger partial charge in [0, 0.05) is 82.7 Å². The fraction of sp³-hybridized carbons (Fsp3) is 0.574. The summed E-state index contributed by atoms with van der Waals surface area (Å²) in [7, 11) is -3.01. The normalized spacial score (nSPS) is 15.3. The van der Waals surface area contributed by atoms with Crippen LogP contribution >= 0.6 is 0 Å². The predicted octanol–water partition coefficient (Wildman–Crippen LogP) is 5.61. The highest BCUT2D eigenvalue weighted by molar-refractivity contribution is 7.86. The highest BCUT2D eigenvalue weighted by Crippen LogP contribution is 2.24. The van der Waals surface area contributed by atoms with Crippen molar-refractivity contribution in [1.29, 1.82) is 0 Å². The maximum absolute atomic E-state index is 14.6. The summed E-state index contributed by atoms with van der Waals surface area (Å²) in [5, 5.41) is 25.7. The molecule has 5 rings (SSSR count). The number of carbonyl (C=O) groups is 6. The molecule has 1 aromatic heterocycles. The van der Waals surface area contributed by atoms with Crippen molar-refractivity contribution in [2.24, 2.45) is 23.7 Å². The molecule has 3 N–H and O–H groups in total. The number of benzene rings is 3. The van der Waals surface area contributed by atoms with Crippen LogP contribution in [-0.4, -0.2) is 166 Å². The zero-order valence-corrected chi connectivity index (χ0v) is 49.4. The molecule has 20 nitrogen and oxygen atoms in total. The van der Waals surface area contributed by atoms with E-state index in [4.69, 9.17) is 23.1 Å². The highest BCUT2D eigenvalue weighted by atomic mass is 32.2. The Hall–Kier alpha value is -5.91. The summed E-state index contributed by atoms with van der Waals surface area (Å²) in [5.41, 5.74) is -0.0623. The van der Waals surface area contributed by atoms with Crippen LogP contribution in [0.1, 0.15) is 107 Å². The molecule has 450 valence electrons. The second-order valence-corrected chi connectivity index (χ2v) is 23.8. The van der Waals surface area contributed by atoms with Crippen molar-refractivity contribution in [3.05, 3.63) is 114 Å². The van der Waals surface area contributed by atoms with Crippen molar-refractivity contribution in [3.63, 3.8) is 0 Å². The summed E-state index contributed by atoms with van der Waals surface area (Å²) in [4.78, 5) is 86.3. The molecular weight excluding hydrogens is 1070 g/mol. The van der Waals surface area contributed by atoms with E-state index in [1.165, 1.54) is 18.2 Å². The number of Topliss-reactive ketones (excluding diaryl/α,β-unsaturated/α-hetero) is 4. The lowest BCUT2D eigenvalue weighted by atomic mass is 9.86. The van der Waals surface area contributed by atoms with E-state index in [2.05, 4.69) is 20.9 Å². The van der Waals surface area contributed by atoms with E-state index < -0.39 is 69.6 Å². The van der Waals surface area contributed by atoms with Gasteiger partial charge in [-0.3, -0.25) is 37.9 Å².